The van der Waals surface area contributed by atoms with E-state index in [0.29, 0.717) is 26.1 Å². The minimum absolute atomic E-state index is 0.0907. The van der Waals surface area contributed by atoms with Gasteiger partial charge in [0.25, 0.3) is 0 Å². The molecule has 0 aliphatic carbocycles. The van der Waals surface area contributed by atoms with Gasteiger partial charge in [0.15, 0.2) is 6.10 Å². The lowest BCUT2D eigenvalue weighted by molar-refractivity contribution is -0.163. The third-order valence-corrected chi connectivity index (χ3v) is 6.14. The van der Waals surface area contributed by atoms with Crippen molar-refractivity contribution >= 4 is 11.9 Å². The molecule has 34 heavy (non-hydrogen) atoms. The maximum absolute atomic E-state index is 12.3. The Balaban J connectivity index is 4.17. The van der Waals surface area contributed by atoms with Gasteiger partial charge in [0.1, 0.15) is 6.61 Å². The molecule has 202 valence electrons. The molecule has 1 atom stereocenters. The monoisotopic (exact) mass is 484 g/mol. The Morgan fingerprint density at radius 2 is 0.971 bits per heavy atom. The lowest BCUT2D eigenvalue weighted by atomic mass is 10.1. The Kier molecular flexibility index (Phi) is 25.6. The topological polar surface area (TPSA) is 61.8 Å². The number of hydrogen-bond acceptors (Lipinski definition) is 5. The summed E-state index contributed by atoms with van der Waals surface area (Å²) >= 11 is 0. The maximum atomic E-state index is 12.3. The van der Waals surface area contributed by atoms with Gasteiger partial charge in [0.2, 0.25) is 0 Å². The standard InChI is InChI=1S/C29H56O5/c1-4-7-10-13-15-17-19-22-28(30)33-26-27(25-32-24-21-18-14-11-8-5-2)34-29(31)23-20-16-12-9-6-3/h27H,4-26H2,1-3H3. The minimum Gasteiger partial charge on any atom is -0.462 e. The van der Waals surface area contributed by atoms with Crippen LogP contribution in [0.4, 0.5) is 0 Å². The van der Waals surface area contributed by atoms with Crippen molar-refractivity contribution < 1.29 is 23.8 Å². The number of esters is 2. The Labute approximate surface area is 211 Å². The van der Waals surface area contributed by atoms with Crippen molar-refractivity contribution in [2.75, 3.05) is 19.8 Å². The summed E-state index contributed by atoms with van der Waals surface area (Å²) in [6.45, 7) is 7.65. The van der Waals surface area contributed by atoms with Gasteiger partial charge in [-0.3, -0.25) is 9.59 Å². The van der Waals surface area contributed by atoms with Gasteiger partial charge >= 0.3 is 11.9 Å². The molecule has 0 amide bonds. The van der Waals surface area contributed by atoms with Crippen molar-refractivity contribution in [1.82, 2.24) is 0 Å². The van der Waals surface area contributed by atoms with Crippen LogP contribution in [0.3, 0.4) is 0 Å². The van der Waals surface area contributed by atoms with E-state index in [0.717, 1.165) is 44.9 Å². The van der Waals surface area contributed by atoms with Crippen LogP contribution in [0.5, 0.6) is 0 Å². The highest BCUT2D eigenvalue weighted by molar-refractivity contribution is 5.70. The molecule has 0 saturated heterocycles. The Hall–Kier alpha value is -1.10. The maximum Gasteiger partial charge on any atom is 0.306 e. The van der Waals surface area contributed by atoms with Gasteiger partial charge < -0.3 is 14.2 Å². The third-order valence-electron chi connectivity index (χ3n) is 6.14. The SMILES string of the molecule is CCCCCCCCCC(=O)OCC(COCCCCCCCC)OC(=O)CCCCCCC. The fourth-order valence-corrected chi connectivity index (χ4v) is 3.92. The normalized spacial score (nSPS) is 12.0. The van der Waals surface area contributed by atoms with Crippen LogP contribution >= 0.6 is 0 Å². The van der Waals surface area contributed by atoms with Crippen molar-refractivity contribution in [3.05, 3.63) is 0 Å². The third kappa shape index (κ3) is 24.0. The molecule has 5 heteroatoms. The molecule has 0 bridgehead atoms. The molecule has 5 nitrogen and oxygen atoms in total. The molecule has 0 rings (SSSR count). The van der Waals surface area contributed by atoms with Crippen molar-refractivity contribution in [3.8, 4) is 0 Å². The van der Waals surface area contributed by atoms with Crippen LogP contribution in [-0.2, 0) is 23.8 Å². The molecule has 0 saturated carbocycles. The molecule has 0 N–H and O–H groups in total. The van der Waals surface area contributed by atoms with Gasteiger partial charge in [-0.1, -0.05) is 117 Å². The summed E-state index contributed by atoms with van der Waals surface area (Å²) in [6, 6.07) is 0. The molecule has 1 unspecified atom stereocenters. The smallest absolute Gasteiger partial charge is 0.306 e. The van der Waals surface area contributed by atoms with Gasteiger partial charge in [0, 0.05) is 19.4 Å². The lowest BCUT2D eigenvalue weighted by Crippen LogP contribution is -2.30. The summed E-state index contributed by atoms with van der Waals surface area (Å²) in [4.78, 5) is 24.4. The Morgan fingerprint density at radius 3 is 1.50 bits per heavy atom. The highest BCUT2D eigenvalue weighted by atomic mass is 16.6. The average Bonchev–Trinajstić information content (AvgIpc) is 2.83. The zero-order chi connectivity index (χ0) is 25.1. The van der Waals surface area contributed by atoms with E-state index < -0.39 is 6.10 Å². The largest absolute Gasteiger partial charge is 0.462 e. The van der Waals surface area contributed by atoms with Crippen LogP contribution < -0.4 is 0 Å². The van der Waals surface area contributed by atoms with E-state index in [1.807, 2.05) is 0 Å². The molecule has 0 aromatic heterocycles. The zero-order valence-corrected chi connectivity index (χ0v) is 22.9. The van der Waals surface area contributed by atoms with E-state index in [1.54, 1.807) is 0 Å². The fourth-order valence-electron chi connectivity index (χ4n) is 3.92. The van der Waals surface area contributed by atoms with Crippen molar-refractivity contribution in [1.29, 1.82) is 0 Å². The van der Waals surface area contributed by atoms with Crippen LogP contribution in [0.15, 0.2) is 0 Å². The Morgan fingerprint density at radius 1 is 0.529 bits per heavy atom. The summed E-state index contributed by atoms with van der Waals surface area (Å²) in [6.07, 6.45) is 21.2. The lowest BCUT2D eigenvalue weighted by Gasteiger charge is -2.18. The summed E-state index contributed by atoms with van der Waals surface area (Å²) < 4.78 is 16.8. The molecule has 0 spiro atoms. The molecular weight excluding hydrogens is 428 g/mol. The zero-order valence-electron chi connectivity index (χ0n) is 22.9. The second-order valence-electron chi connectivity index (χ2n) is 9.67. The summed E-state index contributed by atoms with van der Waals surface area (Å²) in [7, 11) is 0. The van der Waals surface area contributed by atoms with Gasteiger partial charge in [-0.15, -0.1) is 0 Å². The highest BCUT2D eigenvalue weighted by Crippen LogP contribution is 2.11. The first-order valence-corrected chi connectivity index (χ1v) is 14.6. The second kappa shape index (κ2) is 26.5. The van der Waals surface area contributed by atoms with E-state index >= 15 is 0 Å². The van der Waals surface area contributed by atoms with E-state index in [4.69, 9.17) is 14.2 Å². The number of rotatable bonds is 26. The van der Waals surface area contributed by atoms with Gasteiger partial charge in [-0.25, -0.2) is 0 Å². The van der Waals surface area contributed by atoms with E-state index in [1.165, 1.54) is 70.6 Å². The molecule has 0 aliphatic rings. The van der Waals surface area contributed by atoms with Crippen molar-refractivity contribution in [2.45, 2.75) is 155 Å². The van der Waals surface area contributed by atoms with Gasteiger partial charge in [-0.05, 0) is 19.3 Å². The predicted molar refractivity (Wildman–Crippen MR) is 141 cm³/mol. The molecule has 0 aromatic carbocycles. The van der Waals surface area contributed by atoms with E-state index in [9.17, 15) is 9.59 Å². The van der Waals surface area contributed by atoms with Crippen LogP contribution in [0.25, 0.3) is 0 Å². The quantitative estimate of drug-likeness (QED) is 0.0912. The summed E-state index contributed by atoms with van der Waals surface area (Å²) in [5.41, 5.74) is 0. The first-order chi connectivity index (χ1) is 16.6. The number of carbonyl (C=O) groups is 2. The van der Waals surface area contributed by atoms with Crippen LogP contribution in [0.2, 0.25) is 0 Å². The van der Waals surface area contributed by atoms with Crippen molar-refractivity contribution in [2.24, 2.45) is 0 Å². The Bertz CT molecular complexity index is 452. The van der Waals surface area contributed by atoms with Crippen LogP contribution in [-0.4, -0.2) is 37.9 Å². The molecular formula is C29H56O5. The second-order valence-corrected chi connectivity index (χ2v) is 9.67. The fraction of sp³-hybridized carbons (Fsp3) is 0.931. The van der Waals surface area contributed by atoms with E-state index in [-0.39, 0.29) is 18.5 Å². The average molecular weight is 485 g/mol. The molecule has 0 aliphatic heterocycles. The van der Waals surface area contributed by atoms with Gasteiger partial charge in [0.05, 0.1) is 6.61 Å². The van der Waals surface area contributed by atoms with Crippen molar-refractivity contribution in [3.63, 3.8) is 0 Å². The molecule has 0 heterocycles. The van der Waals surface area contributed by atoms with Crippen LogP contribution in [0.1, 0.15) is 149 Å². The number of hydrogen-bond donors (Lipinski definition) is 0. The predicted octanol–water partition coefficient (Wildman–Crippen LogP) is 8.32. The first kappa shape index (κ1) is 32.9. The van der Waals surface area contributed by atoms with Gasteiger partial charge in [-0.2, -0.15) is 0 Å². The molecule has 0 aromatic rings. The first-order valence-electron chi connectivity index (χ1n) is 14.6. The number of ether oxygens (including phenoxy) is 3. The molecule has 0 fully saturated rings. The number of carbonyl (C=O) groups excluding carboxylic acids is 2. The minimum atomic E-state index is -0.513. The summed E-state index contributed by atoms with van der Waals surface area (Å²) in [5.74, 6) is -0.419. The summed E-state index contributed by atoms with van der Waals surface area (Å²) in [5, 5.41) is 0. The highest BCUT2D eigenvalue weighted by Gasteiger charge is 2.17. The van der Waals surface area contributed by atoms with Crippen LogP contribution in [0, 0.1) is 0 Å². The number of unbranched alkanes of at least 4 members (excludes halogenated alkanes) is 15. The van der Waals surface area contributed by atoms with E-state index in [2.05, 4.69) is 20.8 Å². The molecule has 0 radical (unpaired) electrons.